The molecule has 2 aliphatic heterocycles. The number of hydrogen-bond donors (Lipinski definition) is 0. The Kier molecular flexibility index (Phi) is 17.5. The molecule has 2 unspecified atom stereocenters. The Labute approximate surface area is 397 Å². The van der Waals surface area contributed by atoms with Crippen LogP contribution in [0.4, 0.5) is 0 Å². The summed E-state index contributed by atoms with van der Waals surface area (Å²) in [6.45, 7) is 10.5. The average molecular weight is 929 g/mol. The second-order valence-corrected chi connectivity index (χ2v) is 17.8. The maximum absolute atomic E-state index is 13.3. The number of carbonyl (C=O) groups is 2. The van der Waals surface area contributed by atoms with Gasteiger partial charge in [-0.05, 0) is 92.8 Å². The van der Waals surface area contributed by atoms with Gasteiger partial charge in [-0.15, -0.1) is 0 Å². The molecule has 0 aromatic heterocycles. The quantitative estimate of drug-likeness (QED) is 0.0382. The minimum Gasteiger partial charge on any atom is -0.493 e. The second-order valence-electron chi connectivity index (χ2n) is 17.8. The van der Waals surface area contributed by atoms with Gasteiger partial charge in [-0.2, -0.15) is 0 Å². The molecule has 0 bridgehead atoms. The minimum absolute atomic E-state index is 0.218. The van der Waals surface area contributed by atoms with E-state index in [9.17, 15) is 9.59 Å². The fraction of sp³-hybridized carbons (Fsp3) is 0.509. The van der Waals surface area contributed by atoms with E-state index in [0.717, 1.165) is 90.7 Å². The van der Waals surface area contributed by atoms with E-state index < -0.39 is 0 Å². The summed E-state index contributed by atoms with van der Waals surface area (Å²) in [5.41, 5.74) is 9.14. The first kappa shape index (κ1) is 50.6. The highest BCUT2D eigenvalue weighted by molar-refractivity contribution is 5.69. The molecule has 0 saturated carbocycles. The molecular weight excluding hydrogens is 857 g/mol. The number of esters is 2. The number of quaternary nitrogens is 2. The van der Waals surface area contributed by atoms with Crippen molar-refractivity contribution in [2.45, 2.75) is 85.0 Å². The van der Waals surface area contributed by atoms with E-state index in [-0.39, 0.29) is 24.8 Å². The first-order chi connectivity index (χ1) is 32.4. The van der Waals surface area contributed by atoms with Gasteiger partial charge in [-0.25, -0.2) is 0 Å². The SMILES string of the molecule is COc1cc2c(cc1OC)C[N+](CCC(=O)OCCCCCOC(=O)CC[N+]1(Cc3ccc(OC)c(OC)c3C)CCc3cc(OC)c(OC)cc3C1)(Cc1ccc(OC)c(OC)c1C)CC2. The summed E-state index contributed by atoms with van der Waals surface area (Å²) < 4.78 is 58.1. The van der Waals surface area contributed by atoms with E-state index in [1.807, 2.05) is 12.1 Å². The molecule has 4 aromatic rings. The molecule has 14 nitrogen and oxygen atoms in total. The molecule has 0 N–H and O–H groups in total. The van der Waals surface area contributed by atoms with Crippen LogP contribution in [-0.4, -0.2) is 117 Å². The van der Waals surface area contributed by atoms with Crippen molar-refractivity contribution in [2.75, 3.05) is 96.3 Å². The van der Waals surface area contributed by atoms with Gasteiger partial charge in [0.05, 0.1) is 109 Å². The highest BCUT2D eigenvalue weighted by atomic mass is 16.5. The Bertz CT molecular complexity index is 2190. The Morgan fingerprint density at radius 2 is 0.821 bits per heavy atom. The van der Waals surface area contributed by atoms with Crippen LogP contribution in [0, 0.1) is 13.8 Å². The van der Waals surface area contributed by atoms with Crippen LogP contribution >= 0.6 is 0 Å². The number of carbonyl (C=O) groups excluding carboxylic acids is 2. The third kappa shape index (κ3) is 12.0. The summed E-state index contributed by atoms with van der Waals surface area (Å²) in [7, 11) is 13.2. The minimum atomic E-state index is -0.218. The molecule has 0 saturated heterocycles. The lowest BCUT2D eigenvalue weighted by Crippen LogP contribution is -2.51. The molecule has 0 spiro atoms. The normalized spacial score (nSPS) is 17.3. The van der Waals surface area contributed by atoms with Crippen molar-refractivity contribution >= 4 is 11.9 Å². The van der Waals surface area contributed by atoms with Crippen molar-refractivity contribution in [2.24, 2.45) is 0 Å². The molecular formula is C53H72N2O12+2. The zero-order valence-electron chi connectivity index (χ0n) is 41.4. The molecule has 6 rings (SSSR count). The van der Waals surface area contributed by atoms with Gasteiger partial charge in [-0.3, -0.25) is 9.59 Å². The van der Waals surface area contributed by atoms with Crippen LogP contribution in [0.2, 0.25) is 0 Å². The number of hydrogen-bond acceptors (Lipinski definition) is 12. The predicted octanol–water partition coefficient (Wildman–Crippen LogP) is 8.26. The molecule has 0 aliphatic carbocycles. The lowest BCUT2D eigenvalue weighted by Gasteiger charge is -2.42. The van der Waals surface area contributed by atoms with E-state index in [0.29, 0.717) is 84.2 Å². The van der Waals surface area contributed by atoms with E-state index in [2.05, 4.69) is 50.2 Å². The van der Waals surface area contributed by atoms with Crippen LogP contribution in [0.3, 0.4) is 0 Å². The van der Waals surface area contributed by atoms with E-state index in [1.54, 1.807) is 56.9 Å². The summed E-state index contributed by atoms with van der Waals surface area (Å²) in [6.07, 6.45) is 4.36. The predicted molar refractivity (Wildman–Crippen MR) is 255 cm³/mol. The summed E-state index contributed by atoms with van der Waals surface area (Å²) in [5.74, 6) is 5.20. The number of nitrogens with zero attached hydrogens (tertiary/aromatic N) is 2. The van der Waals surface area contributed by atoms with E-state index >= 15 is 0 Å². The Morgan fingerprint density at radius 3 is 1.16 bits per heavy atom. The standard InChI is InChI=1S/C53H72N2O12/c1-36-40(14-16-44(58-3)52(36)64-9)32-54(22-18-38-28-46(60-5)48(62-7)30-42(38)34-54)24-20-50(56)66-26-12-11-13-27-67-51(57)21-25-55(33-41-15-17-45(59-4)53(65-10)37(41)2)23-19-39-29-47(61-6)49(63-8)31-43(39)35-55/h14-17,28-31H,11-13,18-27,32-35H2,1-10H3/q+2. The number of ether oxygens (including phenoxy) is 10. The van der Waals surface area contributed by atoms with Gasteiger partial charge in [0.25, 0.3) is 0 Å². The summed E-state index contributed by atoms with van der Waals surface area (Å²) in [4.78, 5) is 26.6. The Hall–Kier alpha value is -5.86. The zero-order chi connectivity index (χ0) is 48.1. The van der Waals surface area contributed by atoms with Crippen LogP contribution < -0.4 is 37.9 Å². The molecule has 0 radical (unpaired) electrons. The Morgan fingerprint density at radius 1 is 0.463 bits per heavy atom. The fourth-order valence-corrected chi connectivity index (χ4v) is 9.96. The van der Waals surface area contributed by atoms with Gasteiger partial charge >= 0.3 is 11.9 Å². The van der Waals surface area contributed by atoms with Gasteiger partial charge in [-0.1, -0.05) is 0 Å². The molecule has 4 aromatic carbocycles. The topological polar surface area (TPSA) is 126 Å². The van der Waals surface area contributed by atoms with E-state index in [1.165, 1.54) is 22.3 Å². The van der Waals surface area contributed by atoms with Crippen LogP contribution in [0.5, 0.6) is 46.0 Å². The number of fused-ring (bicyclic) bond motifs is 2. The van der Waals surface area contributed by atoms with Crippen molar-refractivity contribution < 1.29 is 65.9 Å². The molecule has 364 valence electrons. The van der Waals surface area contributed by atoms with Crippen LogP contribution in [0.15, 0.2) is 48.5 Å². The lowest BCUT2D eigenvalue weighted by atomic mass is 9.94. The summed E-state index contributed by atoms with van der Waals surface area (Å²) in [5, 5.41) is 0. The van der Waals surface area contributed by atoms with Crippen LogP contribution in [-0.2, 0) is 58.1 Å². The smallest absolute Gasteiger partial charge is 0.311 e. The van der Waals surface area contributed by atoms with Gasteiger partial charge in [0.15, 0.2) is 46.0 Å². The van der Waals surface area contributed by atoms with Crippen molar-refractivity contribution in [3.63, 3.8) is 0 Å². The monoisotopic (exact) mass is 929 g/mol. The summed E-state index contributed by atoms with van der Waals surface area (Å²) in [6, 6.07) is 16.4. The van der Waals surface area contributed by atoms with Crippen molar-refractivity contribution in [1.29, 1.82) is 0 Å². The zero-order valence-corrected chi connectivity index (χ0v) is 41.4. The molecule has 2 atom stereocenters. The van der Waals surface area contributed by atoms with Gasteiger partial charge in [0.1, 0.15) is 26.2 Å². The maximum Gasteiger partial charge on any atom is 0.311 e. The van der Waals surface area contributed by atoms with Crippen LogP contribution in [0.25, 0.3) is 0 Å². The fourth-order valence-electron chi connectivity index (χ4n) is 9.96. The van der Waals surface area contributed by atoms with Gasteiger partial charge in [0.2, 0.25) is 0 Å². The third-order valence-electron chi connectivity index (χ3n) is 13.9. The maximum atomic E-state index is 13.3. The van der Waals surface area contributed by atoms with E-state index in [4.69, 9.17) is 47.4 Å². The molecule has 67 heavy (non-hydrogen) atoms. The third-order valence-corrected chi connectivity index (χ3v) is 13.9. The second kappa shape index (κ2) is 23.2. The van der Waals surface area contributed by atoms with Crippen molar-refractivity contribution in [3.8, 4) is 46.0 Å². The molecule has 2 aliphatic rings. The van der Waals surface area contributed by atoms with Crippen molar-refractivity contribution in [3.05, 3.63) is 93.0 Å². The molecule has 2 heterocycles. The number of benzene rings is 4. The summed E-state index contributed by atoms with van der Waals surface area (Å²) >= 11 is 0. The van der Waals surface area contributed by atoms with Crippen molar-refractivity contribution in [1.82, 2.24) is 0 Å². The first-order valence-corrected chi connectivity index (χ1v) is 23.3. The number of methoxy groups -OCH3 is 8. The first-order valence-electron chi connectivity index (χ1n) is 23.3. The number of unbranched alkanes of at least 4 members (excludes halogenated alkanes) is 2. The number of rotatable bonds is 24. The van der Waals surface area contributed by atoms with Gasteiger partial charge < -0.3 is 56.3 Å². The average Bonchev–Trinajstić information content (AvgIpc) is 3.34. The lowest BCUT2D eigenvalue weighted by molar-refractivity contribution is -0.955. The highest BCUT2D eigenvalue weighted by Crippen LogP contribution is 2.41. The highest BCUT2D eigenvalue weighted by Gasteiger charge is 2.37. The molecule has 0 amide bonds. The van der Waals surface area contributed by atoms with Crippen LogP contribution in [0.1, 0.15) is 76.6 Å². The largest absolute Gasteiger partial charge is 0.493 e. The molecule has 14 heteroatoms. The Balaban J connectivity index is 1.01. The molecule has 0 fully saturated rings. The van der Waals surface area contributed by atoms with Gasteiger partial charge in [0, 0.05) is 46.2 Å².